The fraction of sp³-hybridized carbons (Fsp3) is 0. The SMILES string of the molecule is O=[N+]([O-])c1cccc2c1NS(=O)(=O)C=C2. The lowest BCUT2D eigenvalue weighted by atomic mass is 10.1. The Hall–Kier alpha value is -1.89. The number of nitro benzene ring substituents is 1. The highest BCUT2D eigenvalue weighted by molar-refractivity contribution is 7.95. The predicted octanol–water partition coefficient (Wildman–Crippen LogP) is 1.32. The molecule has 0 unspecified atom stereocenters. The Morgan fingerprint density at radius 3 is 2.73 bits per heavy atom. The fourth-order valence-electron chi connectivity index (χ4n) is 1.30. The van der Waals surface area contributed by atoms with Crippen LogP contribution in [-0.4, -0.2) is 13.3 Å². The topological polar surface area (TPSA) is 89.3 Å². The molecule has 78 valence electrons. The van der Waals surface area contributed by atoms with Crippen LogP contribution in [0, 0.1) is 10.1 Å². The molecule has 0 saturated carbocycles. The number of sulfonamides is 1. The first-order valence-electron chi connectivity index (χ1n) is 3.98. The maximum atomic E-state index is 11.2. The van der Waals surface area contributed by atoms with Crippen LogP contribution in [0.3, 0.4) is 0 Å². The third-order valence-corrected chi connectivity index (χ3v) is 2.93. The van der Waals surface area contributed by atoms with Gasteiger partial charge in [-0.25, -0.2) is 8.42 Å². The molecule has 1 N–H and O–H groups in total. The summed E-state index contributed by atoms with van der Waals surface area (Å²) in [6.07, 6.45) is 1.33. The molecule has 1 heterocycles. The van der Waals surface area contributed by atoms with E-state index in [4.69, 9.17) is 0 Å². The van der Waals surface area contributed by atoms with Crippen molar-refractivity contribution in [3.8, 4) is 0 Å². The van der Waals surface area contributed by atoms with Gasteiger partial charge in [-0.3, -0.25) is 14.8 Å². The molecule has 2 rings (SSSR count). The minimum atomic E-state index is -3.59. The van der Waals surface area contributed by atoms with E-state index in [2.05, 4.69) is 4.72 Å². The molecule has 1 aliphatic heterocycles. The molecule has 0 amide bonds. The Morgan fingerprint density at radius 2 is 2.07 bits per heavy atom. The molecule has 15 heavy (non-hydrogen) atoms. The number of fused-ring (bicyclic) bond motifs is 1. The highest BCUT2D eigenvalue weighted by atomic mass is 32.2. The Morgan fingerprint density at radius 1 is 1.33 bits per heavy atom. The van der Waals surface area contributed by atoms with Crippen LogP contribution in [0.25, 0.3) is 6.08 Å². The van der Waals surface area contributed by atoms with Crippen molar-refractivity contribution in [3.05, 3.63) is 39.3 Å². The van der Waals surface area contributed by atoms with Gasteiger partial charge in [0.05, 0.1) is 10.3 Å². The summed E-state index contributed by atoms with van der Waals surface area (Å²) < 4.78 is 24.5. The van der Waals surface area contributed by atoms with Crippen LogP contribution >= 0.6 is 0 Å². The van der Waals surface area contributed by atoms with E-state index in [0.29, 0.717) is 5.56 Å². The van der Waals surface area contributed by atoms with Crippen LogP contribution in [0.4, 0.5) is 11.4 Å². The summed E-state index contributed by atoms with van der Waals surface area (Å²) in [7, 11) is -3.59. The standard InChI is InChI=1S/C8H6N2O4S/c11-10(12)7-3-1-2-6-4-5-15(13,14)9-8(6)7/h1-5,9H. The third-order valence-electron chi connectivity index (χ3n) is 1.94. The second-order valence-electron chi connectivity index (χ2n) is 2.95. The summed E-state index contributed by atoms with van der Waals surface area (Å²) in [5, 5.41) is 11.6. The Balaban J connectivity index is 2.68. The van der Waals surface area contributed by atoms with E-state index in [1.54, 1.807) is 6.07 Å². The van der Waals surface area contributed by atoms with E-state index < -0.39 is 14.9 Å². The summed E-state index contributed by atoms with van der Waals surface area (Å²) in [5.74, 6) is 0. The second kappa shape index (κ2) is 3.06. The van der Waals surface area contributed by atoms with Gasteiger partial charge in [0.1, 0.15) is 5.69 Å². The van der Waals surface area contributed by atoms with Gasteiger partial charge in [-0.15, -0.1) is 0 Å². The molecule has 0 atom stereocenters. The number of hydrogen-bond acceptors (Lipinski definition) is 4. The molecule has 1 aliphatic rings. The molecule has 0 aromatic heterocycles. The number of benzene rings is 1. The van der Waals surface area contributed by atoms with Gasteiger partial charge in [0.25, 0.3) is 15.7 Å². The van der Waals surface area contributed by atoms with Crippen molar-refractivity contribution in [1.29, 1.82) is 0 Å². The number of nitrogens with zero attached hydrogens (tertiary/aromatic N) is 1. The minimum Gasteiger partial charge on any atom is -0.273 e. The van der Waals surface area contributed by atoms with Gasteiger partial charge in [-0.2, -0.15) is 0 Å². The van der Waals surface area contributed by atoms with Crippen molar-refractivity contribution in [2.24, 2.45) is 0 Å². The summed E-state index contributed by atoms with van der Waals surface area (Å²) in [5.41, 5.74) is 0.254. The average Bonchev–Trinajstić information content (AvgIpc) is 2.15. The number of nitro groups is 1. The highest BCUT2D eigenvalue weighted by Crippen LogP contribution is 2.32. The third kappa shape index (κ3) is 1.68. The number of para-hydroxylation sites is 1. The van der Waals surface area contributed by atoms with Crippen LogP contribution in [0.1, 0.15) is 5.56 Å². The minimum absolute atomic E-state index is 0.0185. The van der Waals surface area contributed by atoms with E-state index in [1.165, 1.54) is 18.2 Å². The highest BCUT2D eigenvalue weighted by Gasteiger charge is 2.23. The summed E-state index contributed by atoms with van der Waals surface area (Å²) in [6.45, 7) is 0. The molecule has 1 aromatic rings. The van der Waals surface area contributed by atoms with Gasteiger partial charge in [0.2, 0.25) is 0 Å². The van der Waals surface area contributed by atoms with Crippen molar-refractivity contribution in [2.45, 2.75) is 0 Å². The monoisotopic (exact) mass is 226 g/mol. The van der Waals surface area contributed by atoms with Crippen LogP contribution in [0.15, 0.2) is 23.6 Å². The van der Waals surface area contributed by atoms with Crippen LogP contribution in [0.2, 0.25) is 0 Å². The van der Waals surface area contributed by atoms with Crippen LogP contribution in [0.5, 0.6) is 0 Å². The van der Waals surface area contributed by atoms with Crippen molar-refractivity contribution in [2.75, 3.05) is 4.72 Å². The first-order chi connectivity index (χ1) is 6.99. The van der Waals surface area contributed by atoms with Gasteiger partial charge >= 0.3 is 0 Å². The van der Waals surface area contributed by atoms with Gasteiger partial charge < -0.3 is 0 Å². The molecule has 7 heteroatoms. The van der Waals surface area contributed by atoms with Gasteiger partial charge in [-0.1, -0.05) is 12.1 Å². The smallest absolute Gasteiger partial charge is 0.273 e. The number of rotatable bonds is 1. The summed E-state index contributed by atoms with van der Waals surface area (Å²) in [4.78, 5) is 10.0. The summed E-state index contributed by atoms with van der Waals surface area (Å²) >= 11 is 0. The van der Waals surface area contributed by atoms with Gasteiger partial charge in [0.15, 0.2) is 0 Å². The molecule has 0 bridgehead atoms. The van der Waals surface area contributed by atoms with Crippen molar-refractivity contribution in [3.63, 3.8) is 0 Å². The number of hydrogen-bond donors (Lipinski definition) is 1. The fourth-order valence-corrected chi connectivity index (χ4v) is 2.20. The molecule has 1 aromatic carbocycles. The molecule has 0 aliphatic carbocycles. The van der Waals surface area contributed by atoms with Crippen LogP contribution < -0.4 is 4.72 Å². The first-order valence-corrected chi connectivity index (χ1v) is 5.52. The molecule has 0 fully saturated rings. The Kier molecular flexibility index (Phi) is 1.97. The largest absolute Gasteiger partial charge is 0.293 e. The first kappa shape index (κ1) is 9.66. The molecule has 0 spiro atoms. The lowest BCUT2D eigenvalue weighted by Gasteiger charge is -2.12. The lowest BCUT2D eigenvalue weighted by Crippen LogP contribution is -2.14. The molecular formula is C8H6N2O4S. The molecule has 0 saturated heterocycles. The maximum Gasteiger partial charge on any atom is 0.293 e. The molecule has 0 radical (unpaired) electrons. The van der Waals surface area contributed by atoms with Gasteiger partial charge in [-0.05, 0) is 6.08 Å². The quantitative estimate of drug-likeness (QED) is 0.577. The maximum absolute atomic E-state index is 11.2. The van der Waals surface area contributed by atoms with Crippen molar-refractivity contribution < 1.29 is 13.3 Å². The second-order valence-corrected chi connectivity index (χ2v) is 4.51. The number of nitrogens with one attached hydrogen (secondary N) is 1. The average molecular weight is 226 g/mol. The predicted molar refractivity (Wildman–Crippen MR) is 54.7 cm³/mol. The van der Waals surface area contributed by atoms with E-state index in [1.807, 2.05) is 0 Å². The zero-order valence-electron chi connectivity index (χ0n) is 7.38. The summed E-state index contributed by atoms with van der Waals surface area (Å²) in [6, 6.07) is 4.35. The zero-order chi connectivity index (χ0) is 11.1. The van der Waals surface area contributed by atoms with Crippen molar-refractivity contribution in [1.82, 2.24) is 0 Å². The van der Waals surface area contributed by atoms with E-state index >= 15 is 0 Å². The normalized spacial score (nSPS) is 16.5. The Labute approximate surface area is 85.4 Å². The van der Waals surface area contributed by atoms with Gasteiger partial charge in [0, 0.05) is 11.6 Å². The van der Waals surface area contributed by atoms with E-state index in [9.17, 15) is 18.5 Å². The van der Waals surface area contributed by atoms with Crippen LogP contribution in [-0.2, 0) is 10.0 Å². The molecule has 6 nitrogen and oxygen atoms in total. The van der Waals surface area contributed by atoms with E-state index in [0.717, 1.165) is 5.41 Å². The zero-order valence-corrected chi connectivity index (χ0v) is 8.19. The van der Waals surface area contributed by atoms with Crippen molar-refractivity contribution >= 4 is 27.5 Å². The molecular weight excluding hydrogens is 220 g/mol. The Bertz CT molecular complexity index is 562. The van der Waals surface area contributed by atoms with E-state index in [-0.39, 0.29) is 11.4 Å². The number of anilines is 1. The lowest BCUT2D eigenvalue weighted by molar-refractivity contribution is -0.383.